The molecule has 0 bridgehead atoms. The average Bonchev–Trinajstić information content (AvgIpc) is 2.48. The Balaban J connectivity index is 2.49. The number of hydrogen-bond acceptors (Lipinski definition) is 3. The van der Waals surface area contributed by atoms with Crippen LogP contribution in [0.15, 0.2) is 53.0 Å². The first-order valence-corrected chi connectivity index (χ1v) is 7.24. The highest BCUT2D eigenvalue weighted by atomic mass is 79.9. The molecule has 0 aliphatic rings. The lowest BCUT2D eigenvalue weighted by Crippen LogP contribution is -2.45. The molecule has 0 aromatic heterocycles. The van der Waals surface area contributed by atoms with Gasteiger partial charge in [0, 0.05) is 10.0 Å². The molecule has 110 valence electrons. The predicted molar refractivity (Wildman–Crippen MR) is 87.3 cm³/mol. The third-order valence-corrected chi connectivity index (χ3v) is 4.09. The summed E-state index contributed by atoms with van der Waals surface area (Å²) in [5.41, 5.74) is 6.06. The van der Waals surface area contributed by atoms with E-state index in [1.165, 1.54) is 0 Å². The van der Waals surface area contributed by atoms with E-state index in [1.54, 1.807) is 14.0 Å². The van der Waals surface area contributed by atoms with Crippen LogP contribution in [0.25, 0.3) is 0 Å². The fraction of sp³-hybridized carbons (Fsp3) is 0.188. The fourth-order valence-electron chi connectivity index (χ4n) is 2.15. The second-order valence-electron chi connectivity index (χ2n) is 4.79. The van der Waals surface area contributed by atoms with Crippen molar-refractivity contribution < 1.29 is 9.53 Å². The molecule has 2 rings (SSSR count). The van der Waals surface area contributed by atoms with Gasteiger partial charge in [0.15, 0.2) is 0 Å². The Morgan fingerprint density at radius 3 is 2.43 bits per heavy atom. The van der Waals surface area contributed by atoms with Gasteiger partial charge in [0.1, 0.15) is 11.3 Å². The summed E-state index contributed by atoms with van der Waals surface area (Å²) in [4.78, 5) is 12.1. The summed E-state index contributed by atoms with van der Waals surface area (Å²) >= 11 is 3.47. The SMILES string of the molecule is COc1ccccc1NC(C)(C(N)=O)c1ccccc1Br. The van der Waals surface area contributed by atoms with Crippen LogP contribution in [0.1, 0.15) is 12.5 Å². The molecule has 2 aromatic carbocycles. The highest BCUT2D eigenvalue weighted by molar-refractivity contribution is 9.10. The standard InChI is InChI=1S/C16H17BrN2O2/c1-16(15(18)20,11-7-3-4-8-12(11)17)19-13-9-5-6-10-14(13)21-2/h3-10,19H,1-2H3,(H2,18,20). The molecule has 3 N–H and O–H groups in total. The van der Waals surface area contributed by atoms with Gasteiger partial charge in [-0.2, -0.15) is 0 Å². The minimum atomic E-state index is -1.06. The second-order valence-corrected chi connectivity index (χ2v) is 5.65. The van der Waals surface area contributed by atoms with E-state index in [9.17, 15) is 4.79 Å². The van der Waals surface area contributed by atoms with E-state index in [0.717, 1.165) is 10.0 Å². The number of primary amides is 1. The number of benzene rings is 2. The van der Waals surface area contributed by atoms with Crippen LogP contribution in [0.3, 0.4) is 0 Å². The number of amides is 1. The molecule has 0 heterocycles. The average molecular weight is 349 g/mol. The van der Waals surface area contributed by atoms with Crippen molar-refractivity contribution in [1.82, 2.24) is 0 Å². The van der Waals surface area contributed by atoms with Gasteiger partial charge in [-0.05, 0) is 25.1 Å². The molecule has 21 heavy (non-hydrogen) atoms. The van der Waals surface area contributed by atoms with E-state index in [0.29, 0.717) is 11.4 Å². The highest BCUT2D eigenvalue weighted by Gasteiger charge is 2.35. The minimum absolute atomic E-state index is 0.472. The van der Waals surface area contributed by atoms with Crippen molar-refractivity contribution in [3.63, 3.8) is 0 Å². The summed E-state index contributed by atoms with van der Waals surface area (Å²) in [7, 11) is 1.58. The van der Waals surface area contributed by atoms with Gasteiger partial charge in [-0.3, -0.25) is 4.79 Å². The lowest BCUT2D eigenvalue weighted by molar-refractivity contribution is -0.122. The molecule has 1 amide bonds. The smallest absolute Gasteiger partial charge is 0.247 e. The molecule has 2 aromatic rings. The van der Waals surface area contributed by atoms with Crippen molar-refractivity contribution in [2.75, 3.05) is 12.4 Å². The first-order valence-electron chi connectivity index (χ1n) is 6.45. The molecule has 0 radical (unpaired) electrons. The van der Waals surface area contributed by atoms with Crippen LogP contribution in [0.5, 0.6) is 5.75 Å². The largest absolute Gasteiger partial charge is 0.495 e. The first kappa shape index (κ1) is 15.4. The molecule has 0 aliphatic carbocycles. The second kappa shape index (κ2) is 6.18. The zero-order valence-corrected chi connectivity index (χ0v) is 13.5. The van der Waals surface area contributed by atoms with E-state index in [4.69, 9.17) is 10.5 Å². The van der Waals surface area contributed by atoms with Gasteiger partial charge in [-0.25, -0.2) is 0 Å². The molecule has 1 atom stereocenters. The Hall–Kier alpha value is -2.01. The quantitative estimate of drug-likeness (QED) is 0.871. The molecule has 1 unspecified atom stereocenters. The van der Waals surface area contributed by atoms with Crippen molar-refractivity contribution in [3.05, 3.63) is 58.6 Å². The van der Waals surface area contributed by atoms with E-state index in [-0.39, 0.29) is 0 Å². The number of carbonyl (C=O) groups is 1. The zero-order valence-electron chi connectivity index (χ0n) is 11.9. The minimum Gasteiger partial charge on any atom is -0.495 e. The normalized spacial score (nSPS) is 13.3. The van der Waals surface area contributed by atoms with Crippen molar-refractivity contribution in [1.29, 1.82) is 0 Å². The van der Waals surface area contributed by atoms with Crippen LogP contribution in [-0.4, -0.2) is 13.0 Å². The lowest BCUT2D eigenvalue weighted by atomic mass is 9.90. The summed E-state index contributed by atoms with van der Waals surface area (Å²) in [6.07, 6.45) is 0. The monoisotopic (exact) mass is 348 g/mol. The van der Waals surface area contributed by atoms with Crippen LogP contribution < -0.4 is 15.8 Å². The number of rotatable bonds is 5. The maximum absolute atomic E-state index is 12.1. The van der Waals surface area contributed by atoms with E-state index >= 15 is 0 Å². The third kappa shape index (κ3) is 3.03. The number of methoxy groups -OCH3 is 1. The molecule has 4 nitrogen and oxygen atoms in total. The van der Waals surface area contributed by atoms with Crippen molar-refractivity contribution in [3.8, 4) is 5.75 Å². The summed E-state index contributed by atoms with van der Waals surface area (Å²) in [6.45, 7) is 1.75. The molecule has 0 saturated carbocycles. The van der Waals surface area contributed by atoms with E-state index < -0.39 is 11.4 Å². The number of hydrogen-bond donors (Lipinski definition) is 2. The topological polar surface area (TPSA) is 64.3 Å². The number of halogens is 1. The van der Waals surface area contributed by atoms with Gasteiger partial charge in [0.2, 0.25) is 5.91 Å². The predicted octanol–water partition coefficient (Wildman–Crippen LogP) is 3.27. The van der Waals surface area contributed by atoms with Crippen LogP contribution in [0.4, 0.5) is 5.69 Å². The van der Waals surface area contributed by atoms with Gasteiger partial charge >= 0.3 is 0 Å². The Morgan fingerprint density at radius 1 is 1.19 bits per heavy atom. The molecule has 0 saturated heterocycles. The Morgan fingerprint density at radius 2 is 1.81 bits per heavy atom. The maximum atomic E-state index is 12.1. The van der Waals surface area contributed by atoms with Gasteiger partial charge < -0.3 is 15.8 Å². The maximum Gasteiger partial charge on any atom is 0.247 e. The third-order valence-electron chi connectivity index (χ3n) is 3.40. The van der Waals surface area contributed by atoms with E-state index in [2.05, 4.69) is 21.2 Å². The molecule has 0 fully saturated rings. The van der Waals surface area contributed by atoms with Crippen molar-refractivity contribution >= 4 is 27.5 Å². The summed E-state index contributed by atoms with van der Waals surface area (Å²) in [5, 5.41) is 3.20. The van der Waals surface area contributed by atoms with Crippen LogP contribution in [0, 0.1) is 0 Å². The molecule has 0 spiro atoms. The highest BCUT2D eigenvalue weighted by Crippen LogP contribution is 2.34. The first-order chi connectivity index (χ1) is 9.99. The molecular formula is C16H17BrN2O2. The number of nitrogens with one attached hydrogen (secondary N) is 1. The Labute approximate surface area is 132 Å². The summed E-state index contributed by atoms with van der Waals surface area (Å²) < 4.78 is 6.12. The zero-order chi connectivity index (χ0) is 15.5. The Kier molecular flexibility index (Phi) is 4.53. The van der Waals surface area contributed by atoms with Gasteiger partial charge in [-0.15, -0.1) is 0 Å². The number of nitrogens with two attached hydrogens (primary N) is 1. The van der Waals surface area contributed by atoms with Gasteiger partial charge in [0.25, 0.3) is 0 Å². The lowest BCUT2D eigenvalue weighted by Gasteiger charge is -2.30. The summed E-state index contributed by atoms with van der Waals surface area (Å²) in [6, 6.07) is 14.9. The fourth-order valence-corrected chi connectivity index (χ4v) is 2.83. The van der Waals surface area contributed by atoms with Crippen LogP contribution >= 0.6 is 15.9 Å². The van der Waals surface area contributed by atoms with Crippen molar-refractivity contribution in [2.45, 2.75) is 12.5 Å². The molecule has 0 aliphatic heterocycles. The molecular weight excluding hydrogens is 332 g/mol. The number of anilines is 1. The summed E-state index contributed by atoms with van der Waals surface area (Å²) in [5.74, 6) is 0.178. The Bertz CT molecular complexity index is 660. The van der Waals surface area contributed by atoms with E-state index in [1.807, 2.05) is 48.5 Å². The number of ether oxygens (including phenoxy) is 1. The van der Waals surface area contributed by atoms with Crippen LogP contribution in [-0.2, 0) is 10.3 Å². The van der Waals surface area contributed by atoms with Crippen molar-refractivity contribution in [2.24, 2.45) is 5.73 Å². The van der Waals surface area contributed by atoms with Gasteiger partial charge in [-0.1, -0.05) is 46.3 Å². The number of carbonyl (C=O) groups excluding carboxylic acids is 1. The molecule has 5 heteroatoms. The number of para-hydroxylation sites is 2. The van der Waals surface area contributed by atoms with Gasteiger partial charge in [0.05, 0.1) is 12.8 Å². The van der Waals surface area contributed by atoms with Crippen LogP contribution in [0.2, 0.25) is 0 Å².